The Hall–Kier alpha value is -1.12. The van der Waals surface area contributed by atoms with Crippen molar-refractivity contribution in [2.24, 2.45) is 0 Å². The van der Waals surface area contributed by atoms with E-state index in [9.17, 15) is 4.79 Å². The molecule has 1 aliphatic carbocycles. The number of carbonyl (C=O) groups is 1. The van der Waals surface area contributed by atoms with Gasteiger partial charge in [-0.2, -0.15) is 5.10 Å². The van der Waals surface area contributed by atoms with E-state index in [2.05, 4.69) is 5.10 Å². The molecule has 0 aromatic carbocycles. The van der Waals surface area contributed by atoms with Gasteiger partial charge in [-0.3, -0.25) is 9.48 Å². The first kappa shape index (κ1) is 6.58. The number of hydrogen-bond acceptors (Lipinski definition) is 2. The molecule has 0 saturated heterocycles. The Kier molecular flexibility index (Phi) is 1.49. The number of hydrogen-bond donors (Lipinski definition) is 0. The van der Waals surface area contributed by atoms with Crippen molar-refractivity contribution in [1.82, 2.24) is 9.78 Å². The first-order valence-electron chi connectivity index (χ1n) is 3.87. The van der Waals surface area contributed by atoms with Gasteiger partial charge >= 0.3 is 0 Å². The van der Waals surface area contributed by atoms with Crippen molar-refractivity contribution >= 4 is 5.78 Å². The molecule has 0 radical (unpaired) electrons. The van der Waals surface area contributed by atoms with Gasteiger partial charge in [0.25, 0.3) is 0 Å². The highest BCUT2D eigenvalue weighted by atomic mass is 16.1. The summed E-state index contributed by atoms with van der Waals surface area (Å²) in [6, 6.07) is 2.22. The van der Waals surface area contributed by atoms with Crippen molar-refractivity contribution in [3.05, 3.63) is 18.5 Å². The Morgan fingerprint density at radius 1 is 1.64 bits per heavy atom. The molecule has 1 unspecified atom stereocenters. The second-order valence-corrected chi connectivity index (χ2v) is 2.92. The second-order valence-electron chi connectivity index (χ2n) is 2.92. The van der Waals surface area contributed by atoms with Crippen LogP contribution in [-0.2, 0) is 4.79 Å². The zero-order valence-corrected chi connectivity index (χ0v) is 6.23. The van der Waals surface area contributed by atoms with Crippen LogP contribution in [0.1, 0.15) is 25.3 Å². The van der Waals surface area contributed by atoms with E-state index in [0.29, 0.717) is 18.2 Å². The quantitative estimate of drug-likeness (QED) is 0.602. The molecule has 1 aliphatic rings. The van der Waals surface area contributed by atoms with E-state index < -0.39 is 0 Å². The number of Topliss-reactive ketones (excluding diaryl/α,β-unsaturated/α-hetero) is 1. The number of rotatable bonds is 1. The fourth-order valence-corrected chi connectivity index (χ4v) is 1.52. The number of ketones is 1. The molecule has 0 bridgehead atoms. The van der Waals surface area contributed by atoms with Gasteiger partial charge in [0.2, 0.25) is 0 Å². The molecule has 58 valence electrons. The highest BCUT2D eigenvalue weighted by Crippen LogP contribution is 2.25. The van der Waals surface area contributed by atoms with Crippen LogP contribution in [0.25, 0.3) is 0 Å². The Morgan fingerprint density at radius 2 is 2.55 bits per heavy atom. The molecule has 2 rings (SSSR count). The summed E-state index contributed by atoms with van der Waals surface area (Å²) in [6.07, 6.45) is 6.03. The molecular formula is C8H10N2O. The minimum absolute atomic E-state index is 0.331. The summed E-state index contributed by atoms with van der Waals surface area (Å²) in [6.45, 7) is 0. The summed E-state index contributed by atoms with van der Waals surface area (Å²) in [7, 11) is 0. The summed E-state index contributed by atoms with van der Waals surface area (Å²) in [5.74, 6) is 0.366. The maximum Gasteiger partial charge on any atom is 0.135 e. The van der Waals surface area contributed by atoms with E-state index in [0.717, 1.165) is 12.8 Å². The van der Waals surface area contributed by atoms with Gasteiger partial charge in [0, 0.05) is 25.2 Å². The molecule has 0 amide bonds. The van der Waals surface area contributed by atoms with Crippen LogP contribution in [0.5, 0.6) is 0 Å². The first-order chi connectivity index (χ1) is 5.36. The van der Waals surface area contributed by atoms with Gasteiger partial charge < -0.3 is 0 Å². The molecular weight excluding hydrogens is 140 g/mol. The number of nitrogens with zero attached hydrogens (tertiary/aromatic N) is 2. The lowest BCUT2D eigenvalue weighted by atomic mass is 10.3. The Bertz CT molecular complexity index is 253. The fourth-order valence-electron chi connectivity index (χ4n) is 1.52. The maximum absolute atomic E-state index is 10.9. The van der Waals surface area contributed by atoms with Crippen molar-refractivity contribution in [3.63, 3.8) is 0 Å². The molecule has 11 heavy (non-hydrogen) atoms. The Labute approximate surface area is 65.0 Å². The summed E-state index contributed by atoms with van der Waals surface area (Å²) in [5, 5.41) is 4.10. The van der Waals surface area contributed by atoms with E-state index in [-0.39, 0.29) is 0 Å². The molecule has 0 N–H and O–H groups in total. The molecule has 0 spiro atoms. The van der Waals surface area contributed by atoms with Crippen LogP contribution in [0.4, 0.5) is 0 Å². The van der Waals surface area contributed by atoms with Crippen LogP contribution in [0, 0.1) is 0 Å². The number of carbonyl (C=O) groups excluding carboxylic acids is 1. The van der Waals surface area contributed by atoms with E-state index in [4.69, 9.17) is 0 Å². The summed E-state index contributed by atoms with van der Waals surface area (Å²) >= 11 is 0. The van der Waals surface area contributed by atoms with Gasteiger partial charge in [0.15, 0.2) is 0 Å². The Balaban J connectivity index is 2.13. The van der Waals surface area contributed by atoms with Crippen molar-refractivity contribution < 1.29 is 4.79 Å². The minimum atomic E-state index is 0.331. The van der Waals surface area contributed by atoms with Crippen molar-refractivity contribution in [3.8, 4) is 0 Å². The molecule has 3 nitrogen and oxygen atoms in total. The fraction of sp³-hybridized carbons (Fsp3) is 0.500. The third kappa shape index (κ3) is 1.18. The SMILES string of the molecule is O=C1CCC(n2cccn2)C1. The average Bonchev–Trinajstić information content (AvgIpc) is 2.55. The van der Waals surface area contributed by atoms with Gasteiger partial charge in [0.05, 0.1) is 6.04 Å². The third-order valence-corrected chi connectivity index (χ3v) is 2.12. The maximum atomic E-state index is 10.9. The monoisotopic (exact) mass is 150 g/mol. The summed E-state index contributed by atoms with van der Waals surface area (Å²) in [4.78, 5) is 10.9. The van der Waals surface area contributed by atoms with Crippen molar-refractivity contribution in [1.29, 1.82) is 0 Å². The molecule has 1 aromatic rings. The molecule has 1 saturated carbocycles. The molecule has 1 aromatic heterocycles. The predicted octanol–water partition coefficient (Wildman–Crippen LogP) is 1.18. The van der Waals surface area contributed by atoms with Crippen LogP contribution < -0.4 is 0 Å². The van der Waals surface area contributed by atoms with Crippen molar-refractivity contribution in [2.45, 2.75) is 25.3 Å². The molecule has 0 aliphatic heterocycles. The van der Waals surface area contributed by atoms with Crippen LogP contribution in [-0.4, -0.2) is 15.6 Å². The predicted molar refractivity (Wildman–Crippen MR) is 40.1 cm³/mol. The van der Waals surface area contributed by atoms with E-state index in [1.54, 1.807) is 6.20 Å². The van der Waals surface area contributed by atoms with Gasteiger partial charge in [0.1, 0.15) is 5.78 Å². The van der Waals surface area contributed by atoms with E-state index in [1.807, 2.05) is 16.9 Å². The van der Waals surface area contributed by atoms with Gasteiger partial charge in [-0.1, -0.05) is 0 Å². The smallest absolute Gasteiger partial charge is 0.135 e. The molecule has 3 heteroatoms. The normalized spacial score (nSPS) is 24.4. The van der Waals surface area contributed by atoms with Gasteiger partial charge in [-0.15, -0.1) is 0 Å². The lowest BCUT2D eigenvalue weighted by molar-refractivity contribution is -0.117. The van der Waals surface area contributed by atoms with Gasteiger partial charge in [-0.05, 0) is 12.5 Å². The average molecular weight is 150 g/mol. The second kappa shape index (κ2) is 2.49. The first-order valence-corrected chi connectivity index (χ1v) is 3.87. The van der Waals surface area contributed by atoms with Crippen LogP contribution in [0.2, 0.25) is 0 Å². The lowest BCUT2D eigenvalue weighted by Gasteiger charge is -2.06. The van der Waals surface area contributed by atoms with E-state index >= 15 is 0 Å². The zero-order valence-electron chi connectivity index (χ0n) is 6.23. The summed E-state index contributed by atoms with van der Waals surface area (Å²) in [5.41, 5.74) is 0. The Morgan fingerprint density at radius 3 is 3.09 bits per heavy atom. The van der Waals surface area contributed by atoms with Crippen molar-refractivity contribution in [2.75, 3.05) is 0 Å². The molecule has 1 heterocycles. The van der Waals surface area contributed by atoms with E-state index in [1.165, 1.54) is 0 Å². The highest BCUT2D eigenvalue weighted by molar-refractivity contribution is 5.80. The highest BCUT2D eigenvalue weighted by Gasteiger charge is 2.23. The topological polar surface area (TPSA) is 34.9 Å². The minimum Gasteiger partial charge on any atom is -0.300 e. The van der Waals surface area contributed by atoms with Crippen LogP contribution in [0.15, 0.2) is 18.5 Å². The van der Waals surface area contributed by atoms with Gasteiger partial charge in [-0.25, -0.2) is 0 Å². The van der Waals surface area contributed by atoms with Crippen LogP contribution in [0.3, 0.4) is 0 Å². The largest absolute Gasteiger partial charge is 0.300 e. The molecule has 1 fully saturated rings. The number of aromatic nitrogens is 2. The zero-order chi connectivity index (χ0) is 7.68. The van der Waals surface area contributed by atoms with Crippen LogP contribution >= 0.6 is 0 Å². The molecule has 1 atom stereocenters. The summed E-state index contributed by atoms with van der Waals surface area (Å²) < 4.78 is 1.88. The standard InChI is InChI=1S/C8H10N2O/c11-8-3-2-7(6-8)10-5-1-4-9-10/h1,4-5,7H,2-3,6H2. The third-order valence-electron chi connectivity index (χ3n) is 2.12. The lowest BCUT2D eigenvalue weighted by Crippen LogP contribution is -2.05.